The van der Waals surface area contributed by atoms with Crippen molar-refractivity contribution >= 4 is 12.1 Å². The first kappa shape index (κ1) is 26.2. The first-order chi connectivity index (χ1) is 18.2. The summed E-state index contributed by atoms with van der Waals surface area (Å²) >= 11 is 0. The fourth-order valence-electron chi connectivity index (χ4n) is 6.64. The van der Waals surface area contributed by atoms with Gasteiger partial charge in [0.2, 0.25) is 0 Å². The normalized spacial score (nSPS) is 22.5. The minimum Gasteiger partial charge on any atom is -0.497 e. The summed E-state index contributed by atoms with van der Waals surface area (Å²) in [4.78, 5) is 32.9. The lowest BCUT2D eigenvalue weighted by Gasteiger charge is -2.44. The number of urea groups is 2. The van der Waals surface area contributed by atoms with Crippen molar-refractivity contribution in [1.29, 1.82) is 0 Å². The van der Waals surface area contributed by atoms with Gasteiger partial charge in [-0.15, -0.1) is 0 Å². The highest BCUT2D eigenvalue weighted by Gasteiger charge is 2.55. The number of fused-ring (bicyclic) bond motifs is 3. The number of nitrogens with zero attached hydrogens (tertiary/aromatic N) is 3. The maximum atomic E-state index is 13.8. The molecule has 3 heterocycles. The Kier molecular flexibility index (Phi) is 6.92. The summed E-state index contributed by atoms with van der Waals surface area (Å²) in [6.45, 7) is 10.7. The van der Waals surface area contributed by atoms with Crippen LogP contribution in [0.3, 0.4) is 0 Å². The number of rotatable bonds is 4. The Hall–Kier alpha value is -3.42. The average molecular weight is 521 g/mol. The highest BCUT2D eigenvalue weighted by molar-refractivity contribution is 5.83. The highest BCUT2D eigenvalue weighted by Crippen LogP contribution is 2.49. The van der Waals surface area contributed by atoms with Crippen LogP contribution in [-0.4, -0.2) is 66.2 Å². The summed E-state index contributed by atoms with van der Waals surface area (Å²) in [6, 6.07) is 3.90. The number of benzene rings is 1. The van der Waals surface area contributed by atoms with Crippen molar-refractivity contribution in [2.75, 3.05) is 33.9 Å². The van der Waals surface area contributed by atoms with E-state index in [1.165, 1.54) is 11.1 Å². The van der Waals surface area contributed by atoms with Gasteiger partial charge in [-0.3, -0.25) is 4.90 Å². The smallest absolute Gasteiger partial charge is 0.325 e. The van der Waals surface area contributed by atoms with E-state index in [4.69, 9.17) is 9.47 Å². The van der Waals surface area contributed by atoms with E-state index in [9.17, 15) is 9.59 Å². The topological polar surface area (TPSA) is 74.4 Å². The van der Waals surface area contributed by atoms with Crippen LogP contribution in [0.1, 0.15) is 70.4 Å². The third-order valence-corrected chi connectivity index (χ3v) is 8.78. The molecule has 1 aromatic rings. The number of hydrogen-bond acceptors (Lipinski definition) is 4. The van der Waals surface area contributed by atoms with Crippen molar-refractivity contribution in [3.05, 3.63) is 58.0 Å². The van der Waals surface area contributed by atoms with Gasteiger partial charge in [0, 0.05) is 48.6 Å². The maximum Gasteiger partial charge on any atom is 0.325 e. The minimum atomic E-state index is -0.424. The number of hydrogen-bond donors (Lipinski definition) is 1. The van der Waals surface area contributed by atoms with Gasteiger partial charge in [0.05, 0.1) is 26.3 Å². The van der Waals surface area contributed by atoms with Crippen molar-refractivity contribution in [1.82, 2.24) is 20.0 Å². The molecular formula is C30H40N4O4. The largest absolute Gasteiger partial charge is 0.497 e. The van der Waals surface area contributed by atoms with Gasteiger partial charge in [-0.1, -0.05) is 18.6 Å². The second-order valence-electron chi connectivity index (χ2n) is 11.0. The number of carbonyl (C=O) groups excluding carboxylic acids is 2. The third-order valence-electron chi connectivity index (χ3n) is 8.78. The van der Waals surface area contributed by atoms with Crippen LogP contribution in [0.25, 0.3) is 0 Å². The number of piperidine rings is 1. The lowest BCUT2D eigenvalue weighted by atomic mass is 9.82. The van der Waals surface area contributed by atoms with Gasteiger partial charge >= 0.3 is 12.1 Å². The zero-order valence-corrected chi connectivity index (χ0v) is 23.5. The standard InChI is InChI=1S/C30H40N4O4/c1-7-34-29(36)33-18-22-16-23(37-5)17-25(38-6)27(22)21(4)15-26(33)30(34)10-12-32(13-11-30)28(35)31-24-14-19(2)8-9-20(24)3/h14-17,21H,7-13,18H2,1-6H3,(H,31,35)/t21-/m0/s1. The van der Waals surface area contributed by atoms with E-state index in [2.05, 4.69) is 38.2 Å². The van der Waals surface area contributed by atoms with Crippen LogP contribution in [0.2, 0.25) is 0 Å². The number of amides is 4. The van der Waals surface area contributed by atoms with E-state index in [1.54, 1.807) is 14.2 Å². The quantitative estimate of drug-likeness (QED) is 0.567. The second-order valence-corrected chi connectivity index (χ2v) is 11.0. The molecule has 2 saturated heterocycles. The van der Waals surface area contributed by atoms with Crippen LogP contribution < -0.4 is 14.8 Å². The molecule has 4 aliphatic rings. The molecule has 8 heteroatoms. The molecule has 1 N–H and O–H groups in total. The van der Waals surface area contributed by atoms with E-state index in [0.29, 0.717) is 39.0 Å². The molecule has 1 aromatic carbocycles. The molecule has 3 aliphatic heterocycles. The summed E-state index contributed by atoms with van der Waals surface area (Å²) in [5.41, 5.74) is 6.20. The number of allylic oxidation sites excluding steroid dienone is 4. The van der Waals surface area contributed by atoms with Gasteiger partial charge in [0.25, 0.3) is 0 Å². The predicted molar refractivity (Wildman–Crippen MR) is 147 cm³/mol. The van der Waals surface area contributed by atoms with Crippen molar-refractivity contribution in [3.63, 3.8) is 0 Å². The number of likely N-dealkylation sites (N-methyl/N-ethyl adjacent to an activating group) is 1. The Morgan fingerprint density at radius 1 is 1.13 bits per heavy atom. The van der Waals surface area contributed by atoms with Crippen LogP contribution in [-0.2, 0) is 6.54 Å². The number of nitrogens with one attached hydrogen (secondary N) is 1. The fourth-order valence-corrected chi connectivity index (χ4v) is 6.64. The number of likely N-dealkylation sites (tertiary alicyclic amines) is 1. The van der Waals surface area contributed by atoms with Crippen LogP contribution in [0.5, 0.6) is 11.5 Å². The molecule has 1 aliphatic carbocycles. The first-order valence-corrected chi connectivity index (χ1v) is 13.7. The molecule has 1 spiro atoms. The van der Waals surface area contributed by atoms with Gasteiger partial charge in [-0.2, -0.15) is 0 Å². The van der Waals surface area contributed by atoms with Crippen molar-refractivity contribution in [2.45, 2.75) is 71.4 Å². The minimum absolute atomic E-state index is 0.0297. The van der Waals surface area contributed by atoms with Crippen LogP contribution in [0.15, 0.2) is 46.8 Å². The van der Waals surface area contributed by atoms with Crippen molar-refractivity contribution in [3.8, 4) is 11.5 Å². The molecule has 0 aromatic heterocycles. The molecule has 38 heavy (non-hydrogen) atoms. The molecule has 5 rings (SSSR count). The van der Waals surface area contributed by atoms with Gasteiger partial charge in [0.1, 0.15) is 11.5 Å². The second kappa shape index (κ2) is 10.0. The Balaban J connectivity index is 1.42. The summed E-state index contributed by atoms with van der Waals surface area (Å²) in [5.74, 6) is 1.56. The molecule has 4 amide bonds. The first-order valence-electron chi connectivity index (χ1n) is 13.7. The van der Waals surface area contributed by atoms with Gasteiger partial charge in [-0.25, -0.2) is 9.59 Å². The Morgan fingerprint density at radius 3 is 2.53 bits per heavy atom. The molecule has 8 nitrogen and oxygen atoms in total. The predicted octanol–water partition coefficient (Wildman–Crippen LogP) is 5.52. The number of methoxy groups -OCH3 is 2. The fraction of sp³-hybridized carbons (Fsp3) is 0.533. The maximum absolute atomic E-state index is 13.8. The molecule has 0 saturated carbocycles. The van der Waals surface area contributed by atoms with Crippen LogP contribution in [0, 0.1) is 0 Å². The number of carbonyl (C=O) groups is 2. The highest BCUT2D eigenvalue weighted by atomic mass is 16.5. The lowest BCUT2D eigenvalue weighted by molar-refractivity contribution is 0.103. The third kappa shape index (κ3) is 4.24. The Morgan fingerprint density at radius 2 is 1.87 bits per heavy atom. The summed E-state index contributed by atoms with van der Waals surface area (Å²) in [7, 11) is 3.32. The van der Waals surface area contributed by atoms with Gasteiger partial charge in [0.15, 0.2) is 0 Å². The SMILES string of the molecule is CCN1C(=O)N2Cc3cc(OC)cc(OC)c3[C@@H](C)C=C2C12CCN(C(=O)NC1=C(C)CCC(C)=C1)CC2. The van der Waals surface area contributed by atoms with Crippen LogP contribution >= 0.6 is 0 Å². The van der Waals surface area contributed by atoms with E-state index >= 15 is 0 Å². The summed E-state index contributed by atoms with van der Waals surface area (Å²) in [5, 5.41) is 3.15. The summed E-state index contributed by atoms with van der Waals surface area (Å²) in [6.07, 6.45) is 7.78. The number of ether oxygens (including phenoxy) is 2. The van der Waals surface area contributed by atoms with E-state index in [0.717, 1.165) is 46.9 Å². The molecule has 0 bridgehead atoms. The average Bonchev–Trinajstić information content (AvgIpc) is 3.01. The molecule has 1 atom stereocenters. The van der Waals surface area contributed by atoms with E-state index < -0.39 is 5.54 Å². The van der Waals surface area contributed by atoms with Crippen molar-refractivity contribution in [2.24, 2.45) is 0 Å². The zero-order chi connectivity index (χ0) is 27.2. The van der Waals surface area contributed by atoms with E-state index in [1.807, 2.05) is 33.8 Å². The molecule has 204 valence electrons. The molecular weight excluding hydrogens is 480 g/mol. The molecule has 2 fully saturated rings. The van der Waals surface area contributed by atoms with Gasteiger partial charge in [-0.05, 0) is 69.7 Å². The molecule has 0 radical (unpaired) electrons. The van der Waals surface area contributed by atoms with Gasteiger partial charge < -0.3 is 24.6 Å². The Labute approximate surface area is 225 Å². The summed E-state index contributed by atoms with van der Waals surface area (Å²) < 4.78 is 11.3. The van der Waals surface area contributed by atoms with E-state index in [-0.39, 0.29) is 18.0 Å². The van der Waals surface area contributed by atoms with Crippen LogP contribution in [0.4, 0.5) is 9.59 Å². The zero-order valence-electron chi connectivity index (χ0n) is 23.5. The van der Waals surface area contributed by atoms with Crippen molar-refractivity contribution < 1.29 is 19.1 Å². The Bertz CT molecular complexity index is 1240. The lowest BCUT2D eigenvalue weighted by Crippen LogP contribution is -2.56. The monoisotopic (exact) mass is 520 g/mol. The molecule has 0 unspecified atom stereocenters.